The van der Waals surface area contributed by atoms with Crippen LogP contribution in [0.4, 0.5) is 5.82 Å². The average molecular weight is 380 g/mol. The van der Waals surface area contributed by atoms with E-state index in [0.29, 0.717) is 12.1 Å². The first-order valence-corrected chi connectivity index (χ1v) is 9.32. The van der Waals surface area contributed by atoms with Crippen molar-refractivity contribution in [3.05, 3.63) is 24.4 Å². The number of hydrogen-bond donors (Lipinski definition) is 2. The summed E-state index contributed by atoms with van der Waals surface area (Å²) in [6, 6.07) is 7.40. The van der Waals surface area contributed by atoms with Crippen LogP contribution in [0.1, 0.15) is 27.7 Å². The van der Waals surface area contributed by atoms with Crippen LogP contribution in [-0.4, -0.2) is 88.3 Å². The summed E-state index contributed by atoms with van der Waals surface area (Å²) in [5, 5.41) is 14.8. The molecule has 1 aromatic heterocycles. The van der Waals surface area contributed by atoms with Gasteiger partial charge in [0.1, 0.15) is 5.82 Å². The van der Waals surface area contributed by atoms with E-state index in [4.69, 9.17) is 19.8 Å². The van der Waals surface area contributed by atoms with Crippen LogP contribution in [0, 0.1) is 0 Å². The zero-order valence-electron chi connectivity index (χ0n) is 16.7. The molecule has 0 amide bonds. The second-order valence-corrected chi connectivity index (χ2v) is 7.05. The van der Waals surface area contributed by atoms with Crippen molar-refractivity contribution >= 4 is 17.8 Å². The van der Waals surface area contributed by atoms with Crippen LogP contribution in [0.2, 0.25) is 0 Å². The number of nitrogens with zero attached hydrogens (tertiary/aromatic N) is 4. The van der Waals surface area contributed by atoms with E-state index in [1.807, 2.05) is 12.3 Å². The van der Waals surface area contributed by atoms with Gasteiger partial charge in [-0.05, 0) is 39.8 Å². The number of anilines is 1. The van der Waals surface area contributed by atoms with Crippen molar-refractivity contribution in [3.8, 4) is 0 Å². The Kier molecular flexibility index (Phi) is 9.74. The van der Waals surface area contributed by atoms with Crippen LogP contribution in [-0.2, 0) is 9.59 Å². The summed E-state index contributed by atoms with van der Waals surface area (Å²) >= 11 is 0. The van der Waals surface area contributed by atoms with Crippen LogP contribution in [0.5, 0.6) is 0 Å². The molecule has 2 rings (SSSR count). The number of carboxylic acids is 2. The summed E-state index contributed by atoms with van der Waals surface area (Å²) in [6.45, 7) is 15.9. The first-order chi connectivity index (χ1) is 12.7. The summed E-state index contributed by atoms with van der Waals surface area (Å²) in [4.78, 5) is 30.2. The predicted octanol–water partition coefficient (Wildman–Crippen LogP) is 1.48. The molecule has 1 saturated heterocycles. The number of rotatable bonds is 6. The standard InChI is InChI=1S/C17H30N4.C2H2O4/c1-15(2)21(16(3)4)14-11-19-9-12-20(13-10-19)17-7-5-6-8-18-17;3-1(4)2(5)6/h5-8,15-16H,9-14H2,1-4H3;(H,3,4)(H,5,6). The van der Waals surface area contributed by atoms with Gasteiger partial charge in [-0.2, -0.15) is 0 Å². The molecule has 0 aromatic carbocycles. The van der Waals surface area contributed by atoms with Gasteiger partial charge in [0.2, 0.25) is 0 Å². The maximum absolute atomic E-state index is 9.10. The highest BCUT2D eigenvalue weighted by atomic mass is 16.4. The summed E-state index contributed by atoms with van der Waals surface area (Å²) in [7, 11) is 0. The number of pyridine rings is 1. The van der Waals surface area contributed by atoms with Crippen molar-refractivity contribution in [2.75, 3.05) is 44.2 Å². The molecule has 1 aromatic rings. The SMILES string of the molecule is CC(C)N(CCN1CCN(c2ccccn2)CC1)C(C)C.O=C(O)C(=O)O. The summed E-state index contributed by atoms with van der Waals surface area (Å²) in [5.41, 5.74) is 0. The lowest BCUT2D eigenvalue weighted by atomic mass is 10.2. The number of aliphatic carboxylic acids is 2. The van der Waals surface area contributed by atoms with Crippen molar-refractivity contribution in [3.63, 3.8) is 0 Å². The lowest BCUT2D eigenvalue weighted by Crippen LogP contribution is -2.50. The van der Waals surface area contributed by atoms with Crippen molar-refractivity contribution < 1.29 is 19.8 Å². The molecule has 0 aliphatic carbocycles. The van der Waals surface area contributed by atoms with E-state index in [1.165, 1.54) is 13.1 Å². The van der Waals surface area contributed by atoms with Gasteiger partial charge < -0.3 is 15.1 Å². The highest BCUT2D eigenvalue weighted by Crippen LogP contribution is 2.13. The van der Waals surface area contributed by atoms with Crippen molar-refractivity contribution in [2.45, 2.75) is 39.8 Å². The third-order valence-electron chi connectivity index (χ3n) is 4.53. The number of aromatic nitrogens is 1. The largest absolute Gasteiger partial charge is 0.473 e. The molecule has 1 aliphatic heterocycles. The Balaban J connectivity index is 0.000000527. The number of carboxylic acid groups (broad SMARTS) is 2. The minimum Gasteiger partial charge on any atom is -0.473 e. The highest BCUT2D eigenvalue weighted by molar-refractivity contribution is 6.27. The Hall–Kier alpha value is -2.19. The quantitative estimate of drug-likeness (QED) is 0.716. The zero-order chi connectivity index (χ0) is 20.4. The zero-order valence-corrected chi connectivity index (χ0v) is 16.7. The molecule has 2 heterocycles. The molecule has 152 valence electrons. The van der Waals surface area contributed by atoms with E-state index in [9.17, 15) is 0 Å². The average Bonchev–Trinajstić information content (AvgIpc) is 2.63. The predicted molar refractivity (Wildman–Crippen MR) is 105 cm³/mol. The lowest BCUT2D eigenvalue weighted by Gasteiger charge is -2.38. The molecule has 0 unspecified atom stereocenters. The fraction of sp³-hybridized carbons (Fsp3) is 0.632. The van der Waals surface area contributed by atoms with E-state index in [-0.39, 0.29) is 0 Å². The van der Waals surface area contributed by atoms with E-state index in [0.717, 1.165) is 32.0 Å². The van der Waals surface area contributed by atoms with Crippen LogP contribution >= 0.6 is 0 Å². The van der Waals surface area contributed by atoms with Gasteiger partial charge in [-0.15, -0.1) is 0 Å². The first kappa shape index (κ1) is 22.9. The molecule has 1 fully saturated rings. The summed E-state index contributed by atoms with van der Waals surface area (Å²) < 4.78 is 0. The monoisotopic (exact) mass is 380 g/mol. The highest BCUT2D eigenvalue weighted by Gasteiger charge is 2.19. The van der Waals surface area contributed by atoms with Crippen LogP contribution in [0.25, 0.3) is 0 Å². The first-order valence-electron chi connectivity index (χ1n) is 9.32. The number of piperazine rings is 1. The van der Waals surface area contributed by atoms with Crippen molar-refractivity contribution in [2.24, 2.45) is 0 Å². The minimum absolute atomic E-state index is 0.625. The van der Waals surface area contributed by atoms with Crippen molar-refractivity contribution in [1.82, 2.24) is 14.8 Å². The fourth-order valence-electron chi connectivity index (χ4n) is 3.11. The summed E-state index contributed by atoms with van der Waals surface area (Å²) in [5.74, 6) is -2.53. The molecule has 8 heteroatoms. The maximum atomic E-state index is 9.10. The smallest absolute Gasteiger partial charge is 0.414 e. The molecule has 27 heavy (non-hydrogen) atoms. The van der Waals surface area contributed by atoms with E-state index in [2.05, 4.69) is 59.5 Å². The molecule has 1 aliphatic rings. The summed E-state index contributed by atoms with van der Waals surface area (Å²) in [6.07, 6.45) is 1.88. The molecule has 0 spiro atoms. The molecule has 0 atom stereocenters. The van der Waals surface area contributed by atoms with Gasteiger partial charge in [0.05, 0.1) is 0 Å². The Morgan fingerprint density at radius 1 is 1.04 bits per heavy atom. The molecule has 2 N–H and O–H groups in total. The van der Waals surface area contributed by atoms with Gasteiger partial charge in [0.15, 0.2) is 0 Å². The second-order valence-electron chi connectivity index (χ2n) is 7.05. The molecule has 8 nitrogen and oxygen atoms in total. The molecule has 0 bridgehead atoms. The molecular formula is C19H32N4O4. The van der Waals surface area contributed by atoms with E-state index < -0.39 is 11.9 Å². The molecule has 0 saturated carbocycles. The Morgan fingerprint density at radius 2 is 1.59 bits per heavy atom. The van der Waals surface area contributed by atoms with E-state index >= 15 is 0 Å². The Morgan fingerprint density at radius 3 is 2.00 bits per heavy atom. The van der Waals surface area contributed by atoms with Gasteiger partial charge >= 0.3 is 11.9 Å². The van der Waals surface area contributed by atoms with Gasteiger partial charge in [0, 0.05) is 57.5 Å². The maximum Gasteiger partial charge on any atom is 0.414 e. The third-order valence-corrected chi connectivity index (χ3v) is 4.53. The van der Waals surface area contributed by atoms with Crippen LogP contribution in [0.15, 0.2) is 24.4 Å². The molecular weight excluding hydrogens is 348 g/mol. The Labute approximate surface area is 161 Å². The van der Waals surface area contributed by atoms with Crippen LogP contribution < -0.4 is 4.90 Å². The van der Waals surface area contributed by atoms with Crippen LogP contribution in [0.3, 0.4) is 0 Å². The van der Waals surface area contributed by atoms with Gasteiger partial charge in [-0.3, -0.25) is 9.80 Å². The van der Waals surface area contributed by atoms with Gasteiger partial charge in [0.25, 0.3) is 0 Å². The minimum atomic E-state index is -1.82. The number of hydrogen-bond acceptors (Lipinski definition) is 6. The fourth-order valence-corrected chi connectivity index (χ4v) is 3.11. The van der Waals surface area contributed by atoms with Crippen molar-refractivity contribution in [1.29, 1.82) is 0 Å². The lowest BCUT2D eigenvalue weighted by molar-refractivity contribution is -0.159. The van der Waals surface area contributed by atoms with Gasteiger partial charge in [-0.1, -0.05) is 6.07 Å². The Bertz CT molecular complexity index is 552. The second kappa shape index (κ2) is 11.5. The normalized spacial score (nSPS) is 15.0. The third kappa shape index (κ3) is 8.36. The van der Waals surface area contributed by atoms with E-state index in [1.54, 1.807) is 0 Å². The topological polar surface area (TPSA) is 97.2 Å². The van der Waals surface area contributed by atoms with Gasteiger partial charge in [-0.25, -0.2) is 14.6 Å². The number of carbonyl (C=O) groups is 2. The molecule has 0 radical (unpaired) electrons.